The van der Waals surface area contributed by atoms with Gasteiger partial charge >= 0.3 is 0 Å². The van der Waals surface area contributed by atoms with E-state index in [-0.39, 0.29) is 24.3 Å². The van der Waals surface area contributed by atoms with E-state index in [4.69, 9.17) is 4.74 Å². The van der Waals surface area contributed by atoms with Crippen molar-refractivity contribution >= 4 is 11.8 Å². The van der Waals surface area contributed by atoms with Crippen LogP contribution in [0.2, 0.25) is 0 Å². The van der Waals surface area contributed by atoms with E-state index in [2.05, 4.69) is 11.9 Å². The molecule has 0 spiro atoms. The molecule has 1 fully saturated rings. The Bertz CT molecular complexity index is 364. The molecule has 1 unspecified atom stereocenters. The van der Waals surface area contributed by atoms with Gasteiger partial charge in [-0.3, -0.25) is 14.5 Å². The fraction of sp³-hybridized carbons (Fsp3) is 0.733. The van der Waals surface area contributed by atoms with Crippen molar-refractivity contribution in [2.45, 2.75) is 52.1 Å². The van der Waals surface area contributed by atoms with Gasteiger partial charge < -0.3 is 10.1 Å². The van der Waals surface area contributed by atoms with Gasteiger partial charge in [0.1, 0.15) is 0 Å². The number of carbonyl (C=O) groups is 2. The van der Waals surface area contributed by atoms with E-state index in [0.717, 1.165) is 18.4 Å². The molecule has 1 heterocycles. The molecule has 0 aromatic carbocycles. The average Bonchev–Trinajstić information content (AvgIpc) is 2.67. The monoisotopic (exact) mass is 282 g/mol. The molecule has 0 bridgehead atoms. The first-order valence-corrected chi connectivity index (χ1v) is 7.32. The summed E-state index contributed by atoms with van der Waals surface area (Å²) >= 11 is 0. The molecule has 1 atom stereocenters. The maximum atomic E-state index is 12.2. The summed E-state index contributed by atoms with van der Waals surface area (Å²) in [5.41, 5.74) is 0.969. The molecule has 5 heteroatoms. The second-order valence-corrected chi connectivity index (χ2v) is 5.29. The molecule has 0 aromatic rings. The molecule has 1 rings (SSSR count). The van der Waals surface area contributed by atoms with Gasteiger partial charge in [-0.05, 0) is 19.8 Å². The largest absolute Gasteiger partial charge is 0.376 e. The van der Waals surface area contributed by atoms with E-state index in [1.54, 1.807) is 0 Å². The van der Waals surface area contributed by atoms with Crippen molar-refractivity contribution in [3.05, 3.63) is 12.2 Å². The van der Waals surface area contributed by atoms with Gasteiger partial charge in [0.2, 0.25) is 11.8 Å². The summed E-state index contributed by atoms with van der Waals surface area (Å²) in [7, 11) is 0. The standard InChI is InChI=1S/C15H26N2O3/c1-5-12(6-2)17-14(18)9-13(15(17)19)16-7-8-20-10-11(3)4/h12-13,16H,3,5-10H2,1-2,4H3. The van der Waals surface area contributed by atoms with E-state index in [9.17, 15) is 9.59 Å². The highest BCUT2D eigenvalue weighted by atomic mass is 16.5. The van der Waals surface area contributed by atoms with Gasteiger partial charge in [-0.25, -0.2) is 0 Å². The smallest absolute Gasteiger partial charge is 0.247 e. The van der Waals surface area contributed by atoms with Gasteiger partial charge in [0, 0.05) is 12.6 Å². The van der Waals surface area contributed by atoms with Crippen LogP contribution in [0.15, 0.2) is 12.2 Å². The Hall–Kier alpha value is -1.20. The van der Waals surface area contributed by atoms with Crippen LogP contribution in [-0.4, -0.2) is 48.6 Å². The van der Waals surface area contributed by atoms with Gasteiger partial charge in [-0.1, -0.05) is 26.0 Å². The minimum Gasteiger partial charge on any atom is -0.376 e. The second-order valence-electron chi connectivity index (χ2n) is 5.29. The Morgan fingerprint density at radius 3 is 2.65 bits per heavy atom. The molecular formula is C15H26N2O3. The van der Waals surface area contributed by atoms with Crippen molar-refractivity contribution < 1.29 is 14.3 Å². The summed E-state index contributed by atoms with van der Waals surface area (Å²) in [4.78, 5) is 25.6. The Kier molecular flexibility index (Phi) is 6.88. The number of hydrogen-bond donors (Lipinski definition) is 1. The quantitative estimate of drug-likeness (QED) is 0.395. The zero-order valence-electron chi connectivity index (χ0n) is 12.8. The Labute approximate surface area is 121 Å². The Balaban J connectivity index is 2.40. The molecule has 5 nitrogen and oxygen atoms in total. The maximum absolute atomic E-state index is 12.2. The van der Waals surface area contributed by atoms with E-state index < -0.39 is 6.04 Å². The summed E-state index contributed by atoms with van der Waals surface area (Å²) in [6.07, 6.45) is 1.88. The van der Waals surface area contributed by atoms with Crippen LogP contribution in [0.25, 0.3) is 0 Å². The number of ether oxygens (including phenoxy) is 1. The third-order valence-corrected chi connectivity index (χ3v) is 3.48. The first kappa shape index (κ1) is 16.9. The van der Waals surface area contributed by atoms with Crippen LogP contribution < -0.4 is 5.32 Å². The van der Waals surface area contributed by atoms with Crippen LogP contribution in [-0.2, 0) is 14.3 Å². The molecule has 0 radical (unpaired) electrons. The van der Waals surface area contributed by atoms with Crippen LogP contribution in [0, 0.1) is 0 Å². The summed E-state index contributed by atoms with van der Waals surface area (Å²) in [6, 6.07) is -0.363. The first-order valence-electron chi connectivity index (χ1n) is 7.32. The van der Waals surface area contributed by atoms with E-state index >= 15 is 0 Å². The van der Waals surface area contributed by atoms with Crippen LogP contribution in [0.1, 0.15) is 40.0 Å². The van der Waals surface area contributed by atoms with Crippen molar-refractivity contribution in [2.75, 3.05) is 19.8 Å². The van der Waals surface area contributed by atoms with Gasteiger partial charge in [0.15, 0.2) is 0 Å². The van der Waals surface area contributed by atoms with Gasteiger partial charge in [0.05, 0.1) is 25.7 Å². The van der Waals surface area contributed by atoms with Crippen LogP contribution in [0.3, 0.4) is 0 Å². The Morgan fingerprint density at radius 1 is 1.45 bits per heavy atom. The highest BCUT2D eigenvalue weighted by molar-refractivity contribution is 6.05. The van der Waals surface area contributed by atoms with Crippen molar-refractivity contribution in [3.8, 4) is 0 Å². The highest BCUT2D eigenvalue weighted by Gasteiger charge is 2.40. The zero-order chi connectivity index (χ0) is 15.1. The predicted octanol–water partition coefficient (Wildman–Crippen LogP) is 1.48. The van der Waals surface area contributed by atoms with E-state index in [1.807, 2.05) is 20.8 Å². The van der Waals surface area contributed by atoms with Crippen LogP contribution in [0.5, 0.6) is 0 Å². The summed E-state index contributed by atoms with van der Waals surface area (Å²) in [5, 5.41) is 3.10. The number of likely N-dealkylation sites (tertiary alicyclic amines) is 1. The molecule has 1 saturated heterocycles. The Morgan fingerprint density at radius 2 is 2.10 bits per heavy atom. The molecule has 2 amide bonds. The third kappa shape index (κ3) is 4.42. The van der Waals surface area contributed by atoms with Crippen molar-refractivity contribution in [1.82, 2.24) is 10.2 Å². The number of imide groups is 1. The predicted molar refractivity (Wildman–Crippen MR) is 78.3 cm³/mol. The second kappa shape index (κ2) is 8.17. The molecule has 1 aliphatic rings. The molecular weight excluding hydrogens is 256 g/mol. The van der Waals surface area contributed by atoms with Crippen molar-refractivity contribution in [3.63, 3.8) is 0 Å². The lowest BCUT2D eigenvalue weighted by Crippen LogP contribution is -2.44. The molecule has 0 aliphatic carbocycles. The molecule has 0 aromatic heterocycles. The third-order valence-electron chi connectivity index (χ3n) is 3.48. The topological polar surface area (TPSA) is 58.6 Å². The van der Waals surface area contributed by atoms with Crippen LogP contribution in [0.4, 0.5) is 0 Å². The summed E-state index contributed by atoms with van der Waals surface area (Å²) in [5.74, 6) is -0.160. The fourth-order valence-electron chi connectivity index (χ4n) is 2.40. The summed E-state index contributed by atoms with van der Waals surface area (Å²) < 4.78 is 5.36. The van der Waals surface area contributed by atoms with Gasteiger partial charge in [-0.2, -0.15) is 0 Å². The molecule has 1 aliphatic heterocycles. The van der Waals surface area contributed by atoms with Gasteiger partial charge in [-0.15, -0.1) is 0 Å². The van der Waals surface area contributed by atoms with Gasteiger partial charge in [0.25, 0.3) is 0 Å². The molecule has 0 saturated carbocycles. The summed E-state index contributed by atoms with van der Waals surface area (Å²) in [6.45, 7) is 11.3. The van der Waals surface area contributed by atoms with E-state index in [0.29, 0.717) is 19.8 Å². The molecule has 114 valence electrons. The number of carbonyl (C=O) groups excluding carboxylic acids is 2. The number of hydrogen-bond acceptors (Lipinski definition) is 4. The fourth-order valence-corrected chi connectivity index (χ4v) is 2.40. The lowest BCUT2D eigenvalue weighted by molar-refractivity contribution is -0.141. The average molecular weight is 282 g/mol. The highest BCUT2D eigenvalue weighted by Crippen LogP contribution is 2.19. The van der Waals surface area contributed by atoms with Crippen molar-refractivity contribution in [1.29, 1.82) is 0 Å². The minimum absolute atomic E-state index is 0.0291. The number of nitrogens with one attached hydrogen (secondary N) is 1. The normalized spacial score (nSPS) is 19.2. The maximum Gasteiger partial charge on any atom is 0.247 e. The number of amides is 2. The first-order chi connectivity index (χ1) is 9.51. The molecule has 1 N–H and O–H groups in total. The number of rotatable bonds is 9. The lowest BCUT2D eigenvalue weighted by Gasteiger charge is -2.24. The molecule has 20 heavy (non-hydrogen) atoms. The van der Waals surface area contributed by atoms with E-state index in [1.165, 1.54) is 4.90 Å². The lowest BCUT2D eigenvalue weighted by atomic mass is 10.1. The SMILES string of the molecule is C=C(C)COCCNC1CC(=O)N(C(CC)CC)C1=O. The zero-order valence-corrected chi connectivity index (χ0v) is 12.8. The van der Waals surface area contributed by atoms with Crippen molar-refractivity contribution in [2.24, 2.45) is 0 Å². The van der Waals surface area contributed by atoms with Crippen LogP contribution >= 0.6 is 0 Å². The minimum atomic E-state index is -0.392. The number of nitrogens with zero attached hydrogens (tertiary/aromatic N) is 1.